The molecule has 1 unspecified atom stereocenters. The van der Waals surface area contributed by atoms with Gasteiger partial charge in [-0.3, -0.25) is 9.52 Å². The van der Waals surface area contributed by atoms with Crippen LogP contribution in [-0.2, 0) is 10.0 Å². The van der Waals surface area contributed by atoms with E-state index in [9.17, 15) is 17.6 Å². The minimum absolute atomic E-state index is 0.0105. The Labute approximate surface area is 158 Å². The molecule has 6 nitrogen and oxygen atoms in total. The molecule has 1 amide bonds. The molecule has 0 spiro atoms. The smallest absolute Gasteiger partial charge is 0.261 e. The first-order valence-corrected chi connectivity index (χ1v) is 10.2. The van der Waals surface area contributed by atoms with Crippen molar-refractivity contribution in [1.82, 2.24) is 10.2 Å². The van der Waals surface area contributed by atoms with Crippen LogP contribution in [0.2, 0.25) is 0 Å². The van der Waals surface area contributed by atoms with E-state index in [1.807, 2.05) is 7.05 Å². The molecule has 2 aromatic carbocycles. The highest BCUT2D eigenvalue weighted by molar-refractivity contribution is 7.92. The summed E-state index contributed by atoms with van der Waals surface area (Å²) >= 11 is 0. The molecule has 2 aromatic rings. The van der Waals surface area contributed by atoms with E-state index in [1.165, 1.54) is 36.4 Å². The summed E-state index contributed by atoms with van der Waals surface area (Å²) in [5.41, 5.74) is 0.588. The highest BCUT2D eigenvalue weighted by Crippen LogP contribution is 2.21. The highest BCUT2D eigenvalue weighted by Gasteiger charge is 2.27. The predicted molar refractivity (Wildman–Crippen MR) is 102 cm³/mol. The number of nitrogens with zero attached hydrogens (tertiary/aromatic N) is 1. The lowest BCUT2D eigenvalue weighted by Crippen LogP contribution is -2.30. The molecule has 0 aliphatic carbocycles. The number of halogens is 1. The van der Waals surface area contributed by atoms with Gasteiger partial charge in [-0.1, -0.05) is 6.07 Å². The maximum Gasteiger partial charge on any atom is 0.261 e. The zero-order valence-corrected chi connectivity index (χ0v) is 15.8. The number of benzene rings is 2. The van der Waals surface area contributed by atoms with Gasteiger partial charge in [-0.2, -0.15) is 0 Å². The Morgan fingerprint density at radius 1 is 1.22 bits per heavy atom. The molecule has 3 rings (SSSR count). The van der Waals surface area contributed by atoms with Crippen molar-refractivity contribution >= 4 is 21.6 Å². The fourth-order valence-corrected chi connectivity index (χ4v) is 4.29. The van der Waals surface area contributed by atoms with E-state index in [0.717, 1.165) is 13.0 Å². The summed E-state index contributed by atoms with van der Waals surface area (Å²) in [4.78, 5) is 14.5. The first kappa shape index (κ1) is 19.3. The number of anilines is 1. The summed E-state index contributed by atoms with van der Waals surface area (Å²) in [5.74, 6) is -0.217. The van der Waals surface area contributed by atoms with Crippen molar-refractivity contribution < 1.29 is 17.6 Å². The average molecular weight is 391 g/mol. The van der Waals surface area contributed by atoms with Crippen LogP contribution >= 0.6 is 0 Å². The number of hydrogen-bond acceptors (Lipinski definition) is 4. The normalized spacial score (nSPS) is 17.1. The van der Waals surface area contributed by atoms with Gasteiger partial charge in [-0.05, 0) is 68.4 Å². The first-order chi connectivity index (χ1) is 12.9. The molecule has 0 radical (unpaired) electrons. The van der Waals surface area contributed by atoms with Crippen LogP contribution < -0.4 is 10.0 Å². The molecule has 2 N–H and O–H groups in total. The van der Waals surface area contributed by atoms with Crippen molar-refractivity contribution in [3.63, 3.8) is 0 Å². The number of hydrogen-bond donors (Lipinski definition) is 2. The molecule has 144 valence electrons. The van der Waals surface area contributed by atoms with Crippen LogP contribution in [0.25, 0.3) is 0 Å². The average Bonchev–Trinajstić information content (AvgIpc) is 3.12. The largest absolute Gasteiger partial charge is 0.338 e. The maximum atomic E-state index is 13.0. The summed E-state index contributed by atoms with van der Waals surface area (Å²) < 4.78 is 40.5. The third kappa shape index (κ3) is 4.64. The standard InChI is InChI=1S/C19H22FN3O3S/c1-21-12-14-9-10-23(13-14)19(24)15-3-2-4-18(11-15)27(25,26)22-17-7-5-16(20)6-8-17/h2-8,11,14,21-22H,9-10,12-13H2,1H3. The van der Waals surface area contributed by atoms with E-state index in [2.05, 4.69) is 10.0 Å². The second kappa shape index (κ2) is 8.06. The van der Waals surface area contributed by atoms with E-state index in [4.69, 9.17) is 0 Å². The van der Waals surface area contributed by atoms with Gasteiger partial charge in [0.05, 0.1) is 4.90 Å². The molecule has 1 aliphatic rings. The Bertz CT molecular complexity index is 916. The number of likely N-dealkylation sites (tertiary alicyclic amines) is 1. The van der Waals surface area contributed by atoms with Gasteiger partial charge in [-0.15, -0.1) is 0 Å². The first-order valence-electron chi connectivity index (χ1n) is 8.71. The predicted octanol–water partition coefficient (Wildman–Crippen LogP) is 2.31. The zero-order chi connectivity index (χ0) is 19.4. The van der Waals surface area contributed by atoms with E-state index in [-0.39, 0.29) is 16.5 Å². The van der Waals surface area contributed by atoms with Crippen LogP contribution in [0, 0.1) is 11.7 Å². The van der Waals surface area contributed by atoms with Crippen molar-refractivity contribution in [2.75, 3.05) is 31.4 Å². The van der Waals surface area contributed by atoms with E-state index in [1.54, 1.807) is 17.0 Å². The highest BCUT2D eigenvalue weighted by atomic mass is 32.2. The molecule has 0 bridgehead atoms. The van der Waals surface area contributed by atoms with Gasteiger partial charge in [0.2, 0.25) is 0 Å². The van der Waals surface area contributed by atoms with Crippen LogP contribution in [0.1, 0.15) is 16.8 Å². The summed E-state index contributed by atoms with van der Waals surface area (Å²) in [6.07, 6.45) is 0.927. The van der Waals surface area contributed by atoms with Crippen LogP contribution in [0.4, 0.5) is 10.1 Å². The molecule has 1 fully saturated rings. The number of amides is 1. The van der Waals surface area contributed by atoms with Crippen molar-refractivity contribution in [3.05, 3.63) is 59.9 Å². The monoisotopic (exact) mass is 391 g/mol. The molecular formula is C19H22FN3O3S. The topological polar surface area (TPSA) is 78.5 Å². The Morgan fingerprint density at radius 2 is 1.96 bits per heavy atom. The number of nitrogens with one attached hydrogen (secondary N) is 2. The van der Waals surface area contributed by atoms with Crippen LogP contribution in [0.3, 0.4) is 0 Å². The van der Waals surface area contributed by atoms with Crippen molar-refractivity contribution in [3.8, 4) is 0 Å². The van der Waals surface area contributed by atoms with Gasteiger partial charge in [0.1, 0.15) is 5.82 Å². The molecule has 27 heavy (non-hydrogen) atoms. The number of carbonyl (C=O) groups is 1. The molecule has 0 saturated carbocycles. The Kier molecular flexibility index (Phi) is 5.76. The molecule has 1 atom stereocenters. The Morgan fingerprint density at radius 3 is 2.67 bits per heavy atom. The number of rotatable bonds is 6. The van der Waals surface area contributed by atoms with Gasteiger partial charge in [0.25, 0.3) is 15.9 Å². The van der Waals surface area contributed by atoms with E-state index in [0.29, 0.717) is 24.6 Å². The third-order valence-electron chi connectivity index (χ3n) is 4.55. The SMILES string of the molecule is CNCC1CCN(C(=O)c2cccc(S(=O)(=O)Nc3ccc(F)cc3)c2)C1. The van der Waals surface area contributed by atoms with Crippen LogP contribution in [-0.4, -0.2) is 45.9 Å². The molecule has 1 saturated heterocycles. The molecule has 0 aromatic heterocycles. The summed E-state index contributed by atoms with van der Waals surface area (Å²) in [6, 6.07) is 11.0. The van der Waals surface area contributed by atoms with Gasteiger partial charge in [0.15, 0.2) is 0 Å². The van der Waals surface area contributed by atoms with Gasteiger partial charge in [0, 0.05) is 24.3 Å². The fraction of sp³-hybridized carbons (Fsp3) is 0.316. The lowest BCUT2D eigenvalue weighted by molar-refractivity contribution is 0.0787. The van der Waals surface area contributed by atoms with Gasteiger partial charge < -0.3 is 10.2 Å². The molecular weight excluding hydrogens is 369 g/mol. The second-order valence-electron chi connectivity index (χ2n) is 6.60. The minimum Gasteiger partial charge on any atom is -0.338 e. The summed E-state index contributed by atoms with van der Waals surface area (Å²) in [7, 11) is -2.00. The Balaban J connectivity index is 1.76. The zero-order valence-electron chi connectivity index (χ0n) is 15.0. The second-order valence-corrected chi connectivity index (χ2v) is 8.29. The minimum atomic E-state index is -3.88. The summed E-state index contributed by atoms with van der Waals surface area (Å²) in [5, 5.41) is 3.12. The van der Waals surface area contributed by atoms with Crippen molar-refractivity contribution in [2.45, 2.75) is 11.3 Å². The maximum absolute atomic E-state index is 13.0. The van der Waals surface area contributed by atoms with E-state index < -0.39 is 15.8 Å². The van der Waals surface area contributed by atoms with Gasteiger partial charge in [-0.25, -0.2) is 12.8 Å². The van der Waals surface area contributed by atoms with Crippen LogP contribution in [0.5, 0.6) is 0 Å². The van der Waals surface area contributed by atoms with Crippen molar-refractivity contribution in [1.29, 1.82) is 0 Å². The van der Waals surface area contributed by atoms with Crippen molar-refractivity contribution in [2.24, 2.45) is 5.92 Å². The summed E-state index contributed by atoms with van der Waals surface area (Å²) in [6.45, 7) is 2.17. The molecule has 1 heterocycles. The number of sulfonamides is 1. The molecule has 1 aliphatic heterocycles. The molecule has 8 heteroatoms. The third-order valence-corrected chi connectivity index (χ3v) is 5.93. The van der Waals surface area contributed by atoms with Crippen LogP contribution in [0.15, 0.2) is 53.4 Å². The lowest BCUT2D eigenvalue weighted by Gasteiger charge is -2.17. The van der Waals surface area contributed by atoms with E-state index >= 15 is 0 Å². The van der Waals surface area contributed by atoms with Gasteiger partial charge >= 0.3 is 0 Å². The Hall–Kier alpha value is -2.45. The lowest BCUT2D eigenvalue weighted by atomic mass is 10.1. The fourth-order valence-electron chi connectivity index (χ4n) is 3.18. The number of carbonyl (C=O) groups excluding carboxylic acids is 1. The quantitative estimate of drug-likeness (QED) is 0.792.